The van der Waals surface area contributed by atoms with Crippen molar-refractivity contribution in [1.29, 1.82) is 0 Å². The fraction of sp³-hybridized carbons (Fsp3) is 0.250. The van der Waals surface area contributed by atoms with E-state index in [1.807, 2.05) is 59.2 Å². The highest BCUT2D eigenvalue weighted by molar-refractivity contribution is 8.00. The third-order valence-electron chi connectivity index (χ3n) is 4.37. The van der Waals surface area contributed by atoms with Gasteiger partial charge in [0.25, 0.3) is 5.16 Å². The molecule has 0 spiro atoms. The van der Waals surface area contributed by atoms with E-state index in [0.717, 1.165) is 17.1 Å². The second-order valence-corrected chi connectivity index (χ2v) is 8.41. The summed E-state index contributed by atoms with van der Waals surface area (Å²) < 4.78 is 13.3. The van der Waals surface area contributed by atoms with Gasteiger partial charge in [0.15, 0.2) is 0 Å². The number of ether oxygens (including phenoxy) is 2. The van der Waals surface area contributed by atoms with E-state index in [2.05, 4.69) is 11.9 Å². The van der Waals surface area contributed by atoms with Gasteiger partial charge in [0.1, 0.15) is 30.9 Å². The Bertz CT molecular complexity index is 949. The van der Waals surface area contributed by atoms with Crippen molar-refractivity contribution in [2.75, 3.05) is 6.61 Å². The molecule has 1 aliphatic rings. The Hall–Kier alpha value is -3.00. The summed E-state index contributed by atoms with van der Waals surface area (Å²) in [5.74, 6) is 1.42. The first kappa shape index (κ1) is 18.4. The first-order valence-electron chi connectivity index (χ1n) is 8.81. The third kappa shape index (κ3) is 4.12. The van der Waals surface area contributed by atoms with E-state index in [-0.39, 0.29) is 10.6 Å². The van der Waals surface area contributed by atoms with E-state index in [1.54, 1.807) is 0 Å². The fourth-order valence-electron chi connectivity index (χ4n) is 2.97. The molecule has 0 fully saturated rings. The van der Waals surface area contributed by atoms with E-state index in [0.29, 0.717) is 24.9 Å². The van der Waals surface area contributed by atoms with E-state index < -0.39 is 4.92 Å². The first-order valence-corrected chi connectivity index (χ1v) is 9.63. The molecule has 1 aliphatic heterocycles. The molecular weight excluding hydrogens is 378 g/mol. The van der Waals surface area contributed by atoms with Gasteiger partial charge in [0.05, 0.1) is 4.75 Å². The summed E-state index contributed by atoms with van der Waals surface area (Å²) in [6.07, 6.45) is 1.48. The van der Waals surface area contributed by atoms with Crippen molar-refractivity contribution >= 4 is 17.6 Å². The normalized spacial score (nSPS) is 17.9. The van der Waals surface area contributed by atoms with Crippen molar-refractivity contribution in [2.24, 2.45) is 0 Å². The van der Waals surface area contributed by atoms with Gasteiger partial charge in [0, 0.05) is 6.54 Å². The highest BCUT2D eigenvalue weighted by Gasteiger charge is 2.40. The summed E-state index contributed by atoms with van der Waals surface area (Å²) in [6.45, 7) is 3.67. The Kier molecular flexibility index (Phi) is 4.95. The molecule has 0 N–H and O–H groups in total. The van der Waals surface area contributed by atoms with Crippen LogP contribution < -0.4 is 9.47 Å². The summed E-state index contributed by atoms with van der Waals surface area (Å²) in [5.41, 5.74) is 1.12. The summed E-state index contributed by atoms with van der Waals surface area (Å²) >= 11 is 1.50. The standard InChI is InChI=1S/C20H19N3O4S/c1-20(13-22-11-18(23(24)25)21-19(22)28-20)14-27-17-9-7-16(8-10-17)26-12-15-5-3-2-4-6-15/h2-11H,12-14H2,1H3. The summed E-state index contributed by atoms with van der Waals surface area (Å²) in [4.78, 5) is 14.4. The molecule has 28 heavy (non-hydrogen) atoms. The molecule has 8 heteroatoms. The molecular formula is C20H19N3O4S. The molecule has 4 rings (SSSR count). The van der Waals surface area contributed by atoms with Gasteiger partial charge >= 0.3 is 5.82 Å². The van der Waals surface area contributed by atoms with Gasteiger partial charge in [-0.25, -0.2) is 0 Å². The number of hydrogen-bond donors (Lipinski definition) is 0. The van der Waals surface area contributed by atoms with Crippen molar-refractivity contribution in [2.45, 2.75) is 30.0 Å². The van der Waals surface area contributed by atoms with Crippen molar-refractivity contribution in [3.05, 3.63) is 76.5 Å². The molecule has 1 aromatic heterocycles. The number of benzene rings is 2. The van der Waals surface area contributed by atoms with Crippen LogP contribution in [0, 0.1) is 10.1 Å². The minimum Gasteiger partial charge on any atom is -0.492 e. The minimum absolute atomic E-state index is 0.114. The maximum absolute atomic E-state index is 10.8. The SMILES string of the molecule is CC1(COc2ccc(OCc3ccccc3)cc2)Cn2cc([N+](=O)[O-])nc2S1. The predicted molar refractivity (Wildman–Crippen MR) is 106 cm³/mol. The number of thioether (sulfide) groups is 1. The molecule has 0 saturated carbocycles. The monoisotopic (exact) mass is 397 g/mol. The van der Waals surface area contributed by atoms with Crippen LogP contribution in [0.1, 0.15) is 12.5 Å². The second kappa shape index (κ2) is 7.55. The quantitative estimate of drug-likeness (QED) is 0.436. The number of aromatic nitrogens is 2. The van der Waals surface area contributed by atoms with Gasteiger partial charge in [-0.1, -0.05) is 30.3 Å². The Morgan fingerprint density at radius 1 is 1.14 bits per heavy atom. The van der Waals surface area contributed by atoms with Crippen LogP contribution in [0.15, 0.2) is 66.0 Å². The number of imidazole rings is 1. The Morgan fingerprint density at radius 3 is 2.46 bits per heavy atom. The molecule has 0 aliphatic carbocycles. The highest BCUT2D eigenvalue weighted by atomic mass is 32.2. The lowest BCUT2D eigenvalue weighted by molar-refractivity contribution is -0.389. The Morgan fingerprint density at radius 2 is 1.82 bits per heavy atom. The van der Waals surface area contributed by atoms with Crippen LogP contribution in [-0.2, 0) is 13.2 Å². The number of nitro groups is 1. The van der Waals surface area contributed by atoms with Crippen molar-refractivity contribution in [3.8, 4) is 11.5 Å². The van der Waals surface area contributed by atoms with E-state index >= 15 is 0 Å². The maximum atomic E-state index is 10.8. The summed E-state index contributed by atoms with van der Waals surface area (Å²) in [6, 6.07) is 17.5. The Labute approximate surface area is 166 Å². The molecule has 1 atom stereocenters. The lowest BCUT2D eigenvalue weighted by atomic mass is 10.2. The highest BCUT2D eigenvalue weighted by Crippen LogP contribution is 2.41. The topological polar surface area (TPSA) is 79.4 Å². The number of nitrogens with zero attached hydrogens (tertiary/aromatic N) is 3. The maximum Gasteiger partial charge on any atom is 0.382 e. The van der Waals surface area contributed by atoms with Crippen LogP contribution in [0.2, 0.25) is 0 Å². The van der Waals surface area contributed by atoms with Crippen molar-refractivity contribution in [1.82, 2.24) is 9.55 Å². The number of fused-ring (bicyclic) bond motifs is 1. The molecule has 1 unspecified atom stereocenters. The van der Waals surface area contributed by atoms with Gasteiger partial charge in [0.2, 0.25) is 0 Å². The van der Waals surface area contributed by atoms with Crippen LogP contribution in [0.3, 0.4) is 0 Å². The molecule has 0 saturated heterocycles. The lowest BCUT2D eigenvalue weighted by Gasteiger charge is -2.21. The first-order chi connectivity index (χ1) is 13.5. The van der Waals surface area contributed by atoms with Gasteiger partial charge in [-0.05, 0) is 58.4 Å². The van der Waals surface area contributed by atoms with E-state index in [1.165, 1.54) is 18.0 Å². The van der Waals surface area contributed by atoms with Crippen LogP contribution in [-0.4, -0.2) is 25.8 Å². The molecule has 3 aromatic rings. The van der Waals surface area contributed by atoms with Crippen molar-refractivity contribution < 1.29 is 14.4 Å². The zero-order valence-electron chi connectivity index (χ0n) is 15.3. The van der Waals surface area contributed by atoms with Gasteiger partial charge < -0.3 is 19.6 Å². The van der Waals surface area contributed by atoms with Gasteiger partial charge in [-0.3, -0.25) is 4.57 Å². The summed E-state index contributed by atoms with van der Waals surface area (Å²) in [7, 11) is 0. The third-order valence-corrected chi connectivity index (χ3v) is 5.62. The predicted octanol–water partition coefficient (Wildman–Crippen LogP) is 4.31. The lowest BCUT2D eigenvalue weighted by Crippen LogP contribution is -2.29. The van der Waals surface area contributed by atoms with E-state index in [9.17, 15) is 10.1 Å². The van der Waals surface area contributed by atoms with Crippen molar-refractivity contribution in [3.63, 3.8) is 0 Å². The smallest absolute Gasteiger partial charge is 0.382 e. The number of rotatable bonds is 7. The molecule has 144 valence electrons. The fourth-order valence-corrected chi connectivity index (χ4v) is 4.10. The van der Waals surface area contributed by atoms with E-state index in [4.69, 9.17) is 9.47 Å². The van der Waals surface area contributed by atoms with Crippen LogP contribution in [0.5, 0.6) is 11.5 Å². The van der Waals surface area contributed by atoms with Gasteiger partial charge in [-0.2, -0.15) is 0 Å². The average molecular weight is 397 g/mol. The molecule has 2 heterocycles. The van der Waals surface area contributed by atoms with Gasteiger partial charge in [-0.15, -0.1) is 0 Å². The zero-order valence-corrected chi connectivity index (χ0v) is 16.1. The molecule has 0 amide bonds. The molecule has 7 nitrogen and oxygen atoms in total. The molecule has 0 bridgehead atoms. The minimum atomic E-state index is -0.471. The second-order valence-electron chi connectivity index (χ2n) is 6.85. The largest absolute Gasteiger partial charge is 0.492 e. The summed E-state index contributed by atoms with van der Waals surface area (Å²) in [5, 5.41) is 11.5. The van der Waals surface area contributed by atoms with Crippen LogP contribution in [0.4, 0.5) is 5.82 Å². The molecule has 2 aromatic carbocycles. The zero-order chi connectivity index (χ0) is 19.6. The van der Waals surface area contributed by atoms with Crippen LogP contribution >= 0.6 is 11.8 Å². The van der Waals surface area contributed by atoms with Crippen LogP contribution in [0.25, 0.3) is 0 Å². The Balaban J connectivity index is 1.30. The average Bonchev–Trinajstić information content (AvgIpc) is 3.22. The number of hydrogen-bond acceptors (Lipinski definition) is 6. The molecule has 0 radical (unpaired) electrons.